The van der Waals surface area contributed by atoms with Crippen molar-refractivity contribution in [1.82, 2.24) is 0 Å². The van der Waals surface area contributed by atoms with Gasteiger partial charge in [-0.2, -0.15) is 0 Å². The van der Waals surface area contributed by atoms with E-state index in [-0.39, 0.29) is 17.4 Å². The molecule has 2 nitrogen and oxygen atoms in total. The van der Waals surface area contributed by atoms with Gasteiger partial charge in [-0.1, -0.05) is 6.92 Å². The largest absolute Gasteiger partial charge is 0.503 e. The molecule has 0 aliphatic heterocycles. The number of aliphatic hydroxyl groups is 1. The lowest BCUT2D eigenvalue weighted by Crippen LogP contribution is -2.37. The molecule has 0 spiro atoms. The van der Waals surface area contributed by atoms with Crippen molar-refractivity contribution in [3.63, 3.8) is 0 Å². The summed E-state index contributed by atoms with van der Waals surface area (Å²) in [6.07, 6.45) is 4.12. The van der Waals surface area contributed by atoms with E-state index in [0.29, 0.717) is 17.0 Å². The molecule has 116 valence electrons. The zero-order chi connectivity index (χ0) is 15.4. The van der Waals surface area contributed by atoms with Crippen LogP contribution in [0.2, 0.25) is 0 Å². The van der Waals surface area contributed by atoms with Crippen LogP contribution in [0.1, 0.15) is 56.1 Å². The highest BCUT2D eigenvalue weighted by Crippen LogP contribution is 2.55. The monoisotopic (exact) mass is 296 g/mol. The van der Waals surface area contributed by atoms with Gasteiger partial charge in [0, 0.05) is 0 Å². The first kappa shape index (κ1) is 14.8. The number of fused-ring (bicyclic) bond motifs is 1. The zero-order valence-electron chi connectivity index (χ0n) is 12.5. The maximum Gasteiger partial charge on any atom is 0.188 e. The molecule has 2 aliphatic rings. The van der Waals surface area contributed by atoms with Gasteiger partial charge in [0.2, 0.25) is 0 Å². The molecule has 2 aliphatic carbocycles. The van der Waals surface area contributed by atoms with Gasteiger partial charge in [-0.15, -0.1) is 0 Å². The Kier molecular flexibility index (Phi) is 3.47. The first-order valence-corrected chi connectivity index (χ1v) is 7.70. The van der Waals surface area contributed by atoms with E-state index in [1.54, 1.807) is 6.92 Å². The van der Waals surface area contributed by atoms with E-state index in [1.165, 1.54) is 6.07 Å². The van der Waals surface area contributed by atoms with E-state index in [1.807, 2.05) is 0 Å². The number of rotatable bonds is 1. The predicted octanol–water partition coefficient (Wildman–Crippen LogP) is 4.02. The molecule has 4 heteroatoms. The fourth-order valence-electron chi connectivity index (χ4n) is 4.42. The molecule has 3 rings (SSSR count). The molecule has 0 amide bonds. The summed E-state index contributed by atoms with van der Waals surface area (Å²) in [7, 11) is 0. The van der Waals surface area contributed by atoms with Crippen LogP contribution in [-0.2, 0) is 0 Å². The molecular weight excluding hydrogens is 274 g/mol. The first-order chi connectivity index (χ1) is 9.84. The van der Waals surface area contributed by atoms with Crippen molar-refractivity contribution in [3.8, 4) is 5.75 Å². The van der Waals surface area contributed by atoms with Gasteiger partial charge in [0.15, 0.2) is 17.4 Å². The molecule has 2 N–H and O–H groups in total. The van der Waals surface area contributed by atoms with E-state index >= 15 is 0 Å². The lowest BCUT2D eigenvalue weighted by atomic mass is 9.64. The quantitative estimate of drug-likeness (QED) is 0.821. The van der Waals surface area contributed by atoms with E-state index in [9.17, 15) is 19.0 Å². The molecule has 1 aromatic rings. The summed E-state index contributed by atoms with van der Waals surface area (Å²) in [6, 6.07) is 1.28. The molecule has 0 aromatic heterocycles. The van der Waals surface area contributed by atoms with Gasteiger partial charge in [-0.05, 0) is 73.5 Å². The average Bonchev–Trinajstić information content (AvgIpc) is 2.76. The predicted molar refractivity (Wildman–Crippen MR) is 76.2 cm³/mol. The summed E-state index contributed by atoms with van der Waals surface area (Å²) in [4.78, 5) is 0. The Bertz CT molecular complexity index is 572. The first-order valence-electron chi connectivity index (χ1n) is 7.70. The minimum atomic E-state index is -0.882. The lowest BCUT2D eigenvalue weighted by Gasteiger charge is -2.42. The Labute approximate surface area is 123 Å². The Morgan fingerprint density at radius 1 is 1.24 bits per heavy atom. The van der Waals surface area contributed by atoms with E-state index in [4.69, 9.17) is 0 Å². The summed E-state index contributed by atoms with van der Waals surface area (Å²) < 4.78 is 27.5. The SMILES string of the molecule is Cc1c([C@H]2CC[C@@]3(C)[C@@H](CC[C@@H]3O)C2)cc(F)c(O)c1F. The minimum Gasteiger partial charge on any atom is -0.503 e. The van der Waals surface area contributed by atoms with Crippen molar-refractivity contribution in [2.24, 2.45) is 11.3 Å². The number of halogens is 2. The van der Waals surface area contributed by atoms with Crippen LogP contribution in [0.3, 0.4) is 0 Å². The van der Waals surface area contributed by atoms with Crippen LogP contribution in [0.5, 0.6) is 5.75 Å². The van der Waals surface area contributed by atoms with Gasteiger partial charge in [0.1, 0.15) is 0 Å². The van der Waals surface area contributed by atoms with Crippen molar-refractivity contribution in [2.75, 3.05) is 0 Å². The Morgan fingerprint density at radius 2 is 1.95 bits per heavy atom. The van der Waals surface area contributed by atoms with E-state index in [2.05, 4.69) is 6.92 Å². The molecule has 2 fully saturated rings. The smallest absolute Gasteiger partial charge is 0.188 e. The highest BCUT2D eigenvalue weighted by atomic mass is 19.1. The molecule has 1 aromatic carbocycles. The number of hydrogen-bond donors (Lipinski definition) is 2. The fourth-order valence-corrected chi connectivity index (χ4v) is 4.42. The third-order valence-electron chi connectivity index (χ3n) is 6.00. The third kappa shape index (κ3) is 2.15. The second-order valence-corrected chi connectivity index (χ2v) is 7.00. The van der Waals surface area contributed by atoms with Crippen LogP contribution in [0.25, 0.3) is 0 Å². The van der Waals surface area contributed by atoms with Gasteiger partial charge >= 0.3 is 0 Å². The Morgan fingerprint density at radius 3 is 2.67 bits per heavy atom. The number of benzene rings is 1. The van der Waals surface area contributed by atoms with Gasteiger partial charge < -0.3 is 10.2 Å². The zero-order valence-corrected chi connectivity index (χ0v) is 12.5. The highest BCUT2D eigenvalue weighted by molar-refractivity contribution is 5.39. The van der Waals surface area contributed by atoms with E-state index < -0.39 is 17.4 Å². The van der Waals surface area contributed by atoms with Gasteiger partial charge in [-0.3, -0.25) is 0 Å². The van der Waals surface area contributed by atoms with E-state index in [0.717, 1.165) is 32.1 Å². The van der Waals surface area contributed by atoms with Crippen LogP contribution in [0, 0.1) is 29.9 Å². The number of hydrogen-bond acceptors (Lipinski definition) is 2. The molecule has 0 heterocycles. The number of phenolic OH excluding ortho intramolecular Hbond substituents is 1. The summed E-state index contributed by atoms with van der Waals surface area (Å²) in [6.45, 7) is 3.73. The lowest BCUT2D eigenvalue weighted by molar-refractivity contribution is 0.00861. The van der Waals surface area contributed by atoms with Crippen LogP contribution in [-0.4, -0.2) is 16.3 Å². The summed E-state index contributed by atoms with van der Waals surface area (Å²) in [5.41, 5.74) is 0.977. The van der Waals surface area contributed by atoms with Crippen molar-refractivity contribution in [2.45, 2.75) is 58.0 Å². The summed E-state index contributed by atoms with van der Waals surface area (Å²) in [5, 5.41) is 19.5. The van der Waals surface area contributed by atoms with Gasteiger partial charge in [-0.25, -0.2) is 8.78 Å². The Balaban J connectivity index is 1.91. The van der Waals surface area contributed by atoms with Crippen LogP contribution < -0.4 is 0 Å². The Hall–Kier alpha value is -1.16. The molecule has 2 saturated carbocycles. The molecule has 21 heavy (non-hydrogen) atoms. The number of aliphatic hydroxyl groups excluding tert-OH is 1. The average molecular weight is 296 g/mol. The van der Waals surface area contributed by atoms with Crippen molar-refractivity contribution >= 4 is 0 Å². The normalized spacial score (nSPS) is 35.8. The van der Waals surface area contributed by atoms with Crippen LogP contribution in [0.4, 0.5) is 8.78 Å². The molecule has 0 bridgehead atoms. The second kappa shape index (κ2) is 4.94. The highest BCUT2D eigenvalue weighted by Gasteiger charge is 2.49. The molecule has 4 atom stereocenters. The number of aromatic hydroxyl groups is 1. The van der Waals surface area contributed by atoms with Crippen LogP contribution in [0.15, 0.2) is 6.07 Å². The molecule has 0 radical (unpaired) electrons. The maximum absolute atomic E-state index is 13.9. The van der Waals surface area contributed by atoms with Crippen molar-refractivity contribution in [3.05, 3.63) is 28.8 Å². The second-order valence-electron chi connectivity index (χ2n) is 7.00. The summed E-state index contributed by atoms with van der Waals surface area (Å²) in [5.74, 6) is -2.09. The van der Waals surface area contributed by atoms with Crippen molar-refractivity contribution in [1.29, 1.82) is 0 Å². The number of phenols is 1. The summed E-state index contributed by atoms with van der Waals surface area (Å²) >= 11 is 0. The minimum absolute atomic E-state index is 0.0432. The van der Waals surface area contributed by atoms with Crippen molar-refractivity contribution < 1.29 is 19.0 Å². The van der Waals surface area contributed by atoms with Gasteiger partial charge in [0.05, 0.1) is 6.10 Å². The van der Waals surface area contributed by atoms with Crippen LogP contribution >= 0.6 is 0 Å². The molecular formula is C17H22F2O2. The molecule has 0 saturated heterocycles. The standard InChI is InChI=1S/C17H22F2O2/c1-9-12(8-13(18)16(21)15(9)19)10-5-6-17(2)11(7-10)3-4-14(17)20/h8,10-11,14,20-21H,3-7H2,1-2H3/t10-,11-,14-,17-/m0/s1. The topological polar surface area (TPSA) is 40.5 Å². The maximum atomic E-state index is 13.9. The molecule has 0 unspecified atom stereocenters. The third-order valence-corrected chi connectivity index (χ3v) is 6.00. The van der Waals surface area contributed by atoms with Gasteiger partial charge in [0.25, 0.3) is 0 Å². The fraction of sp³-hybridized carbons (Fsp3) is 0.647.